The van der Waals surface area contributed by atoms with Crippen LogP contribution >= 0.6 is 0 Å². The Labute approximate surface area is 118 Å². The zero-order valence-electron chi connectivity index (χ0n) is 11.4. The van der Waals surface area contributed by atoms with E-state index < -0.39 is 0 Å². The Kier molecular flexibility index (Phi) is 2.54. The van der Waals surface area contributed by atoms with E-state index in [1.54, 1.807) is 0 Å². The molecule has 2 atom stereocenters. The number of allylic oxidation sites excluding steroid dienone is 1. The lowest BCUT2D eigenvalue weighted by molar-refractivity contribution is 0.538. The van der Waals surface area contributed by atoms with Gasteiger partial charge in [0.25, 0.3) is 0 Å². The van der Waals surface area contributed by atoms with Crippen LogP contribution in [0.15, 0.2) is 36.9 Å². The van der Waals surface area contributed by atoms with Crippen LogP contribution < -0.4 is 5.73 Å². The topological polar surface area (TPSA) is 56.7 Å². The van der Waals surface area contributed by atoms with Crippen molar-refractivity contribution < 1.29 is 0 Å². The van der Waals surface area contributed by atoms with Gasteiger partial charge in [0.15, 0.2) is 5.82 Å². The minimum atomic E-state index is -0.0338. The lowest BCUT2D eigenvalue weighted by atomic mass is 10.0. The second-order valence-corrected chi connectivity index (χ2v) is 5.81. The average molecular weight is 266 g/mol. The van der Waals surface area contributed by atoms with E-state index in [1.165, 1.54) is 18.4 Å². The number of aromatic nitrogens is 3. The highest BCUT2D eigenvalue weighted by atomic mass is 15.4. The number of nitrogens with zero attached hydrogens (tertiary/aromatic N) is 3. The van der Waals surface area contributed by atoms with Crippen LogP contribution in [0.3, 0.4) is 0 Å². The van der Waals surface area contributed by atoms with E-state index in [-0.39, 0.29) is 12.1 Å². The van der Waals surface area contributed by atoms with E-state index in [0.717, 1.165) is 23.6 Å². The van der Waals surface area contributed by atoms with E-state index in [4.69, 9.17) is 5.73 Å². The first kappa shape index (κ1) is 11.9. The van der Waals surface area contributed by atoms with Crippen molar-refractivity contribution >= 4 is 5.57 Å². The first-order valence-electron chi connectivity index (χ1n) is 7.20. The fraction of sp³-hybridized carbons (Fsp3) is 0.375. The molecule has 2 N–H and O–H groups in total. The molecule has 1 aliphatic carbocycles. The van der Waals surface area contributed by atoms with Crippen molar-refractivity contribution in [2.45, 2.75) is 31.3 Å². The van der Waals surface area contributed by atoms with Gasteiger partial charge in [-0.05, 0) is 36.3 Å². The molecule has 1 aliphatic heterocycles. The summed E-state index contributed by atoms with van der Waals surface area (Å²) in [6, 6.07) is 10.6. The van der Waals surface area contributed by atoms with Gasteiger partial charge in [-0.3, -0.25) is 0 Å². The highest BCUT2D eigenvalue weighted by Gasteiger charge is 2.35. The molecule has 102 valence electrons. The Balaban J connectivity index is 1.72. The maximum atomic E-state index is 6.23. The second-order valence-electron chi connectivity index (χ2n) is 5.81. The molecule has 0 spiro atoms. The Morgan fingerprint density at radius 2 is 2.00 bits per heavy atom. The summed E-state index contributed by atoms with van der Waals surface area (Å²) in [5, 5.41) is 4.69. The molecule has 1 fully saturated rings. The van der Waals surface area contributed by atoms with Crippen LogP contribution in [-0.2, 0) is 0 Å². The third-order valence-electron chi connectivity index (χ3n) is 4.30. The van der Waals surface area contributed by atoms with Crippen molar-refractivity contribution in [3.63, 3.8) is 0 Å². The molecule has 0 bridgehead atoms. The van der Waals surface area contributed by atoms with Gasteiger partial charge in [0.2, 0.25) is 0 Å². The van der Waals surface area contributed by atoms with Crippen molar-refractivity contribution in [3.05, 3.63) is 54.1 Å². The standard InChI is InChI=1S/C16H18N4/c1-10(11-7-8-11)15-18-16-13(17)9-14(20(16)19-15)12-5-3-2-4-6-12/h2-6,11,13-14H,1,7-9,17H2/t13-,14-/m0/s1. The maximum absolute atomic E-state index is 6.23. The van der Waals surface area contributed by atoms with E-state index in [0.29, 0.717) is 5.92 Å². The molecule has 2 aliphatic rings. The second kappa shape index (κ2) is 4.28. The lowest BCUT2D eigenvalue weighted by Crippen LogP contribution is -2.08. The minimum absolute atomic E-state index is 0.0338. The first-order valence-corrected chi connectivity index (χ1v) is 7.20. The molecule has 4 rings (SSSR count). The van der Waals surface area contributed by atoms with Crippen LogP contribution in [-0.4, -0.2) is 14.8 Å². The molecule has 0 saturated heterocycles. The molecule has 4 heteroatoms. The van der Waals surface area contributed by atoms with Gasteiger partial charge in [-0.2, -0.15) is 5.10 Å². The summed E-state index contributed by atoms with van der Waals surface area (Å²) >= 11 is 0. The summed E-state index contributed by atoms with van der Waals surface area (Å²) in [5.74, 6) is 2.28. The van der Waals surface area contributed by atoms with Gasteiger partial charge in [0.1, 0.15) is 5.82 Å². The molecule has 0 unspecified atom stereocenters. The monoisotopic (exact) mass is 266 g/mol. The smallest absolute Gasteiger partial charge is 0.177 e. The SMILES string of the molecule is C=C(c1nc2n(n1)[C@H](c1ccccc1)C[C@@H]2N)C1CC1. The lowest BCUT2D eigenvalue weighted by Gasteiger charge is -2.11. The number of benzene rings is 1. The van der Waals surface area contributed by atoms with Crippen LogP contribution in [0.25, 0.3) is 5.57 Å². The molecule has 20 heavy (non-hydrogen) atoms. The third-order valence-corrected chi connectivity index (χ3v) is 4.30. The zero-order valence-corrected chi connectivity index (χ0v) is 11.4. The van der Waals surface area contributed by atoms with Crippen molar-refractivity contribution in [1.82, 2.24) is 14.8 Å². The van der Waals surface area contributed by atoms with Gasteiger partial charge < -0.3 is 5.73 Å². The van der Waals surface area contributed by atoms with E-state index >= 15 is 0 Å². The molecule has 1 aromatic carbocycles. The van der Waals surface area contributed by atoms with Gasteiger partial charge in [-0.25, -0.2) is 9.67 Å². The Morgan fingerprint density at radius 1 is 1.25 bits per heavy atom. The van der Waals surface area contributed by atoms with E-state index in [9.17, 15) is 0 Å². The van der Waals surface area contributed by atoms with Gasteiger partial charge in [-0.1, -0.05) is 36.9 Å². The number of rotatable bonds is 3. The summed E-state index contributed by atoms with van der Waals surface area (Å²) in [5.41, 5.74) is 8.55. The average Bonchev–Trinajstić information content (AvgIpc) is 3.15. The molecular weight excluding hydrogens is 248 g/mol. The molecule has 0 amide bonds. The minimum Gasteiger partial charge on any atom is -0.321 e. The van der Waals surface area contributed by atoms with Gasteiger partial charge >= 0.3 is 0 Å². The summed E-state index contributed by atoms with van der Waals surface area (Å²) in [6.07, 6.45) is 3.31. The van der Waals surface area contributed by atoms with Gasteiger partial charge in [0, 0.05) is 0 Å². The van der Waals surface area contributed by atoms with Crippen LogP contribution in [0, 0.1) is 5.92 Å². The maximum Gasteiger partial charge on any atom is 0.177 e. The van der Waals surface area contributed by atoms with Gasteiger partial charge in [0.05, 0.1) is 12.1 Å². The normalized spacial score (nSPS) is 24.6. The molecule has 4 nitrogen and oxygen atoms in total. The molecule has 0 radical (unpaired) electrons. The first-order chi connectivity index (χ1) is 9.74. The predicted octanol–water partition coefficient (Wildman–Crippen LogP) is 2.69. The molecule has 2 aromatic rings. The highest BCUT2D eigenvalue weighted by Crippen LogP contribution is 2.42. The fourth-order valence-corrected chi connectivity index (χ4v) is 2.97. The summed E-state index contributed by atoms with van der Waals surface area (Å²) in [4.78, 5) is 4.64. The number of fused-ring (bicyclic) bond motifs is 1. The van der Waals surface area contributed by atoms with Crippen LogP contribution in [0.4, 0.5) is 0 Å². The van der Waals surface area contributed by atoms with Crippen molar-refractivity contribution in [1.29, 1.82) is 0 Å². The van der Waals surface area contributed by atoms with Crippen LogP contribution in [0.5, 0.6) is 0 Å². The van der Waals surface area contributed by atoms with Crippen LogP contribution in [0.1, 0.15) is 48.6 Å². The quantitative estimate of drug-likeness (QED) is 0.929. The van der Waals surface area contributed by atoms with Crippen molar-refractivity contribution in [2.24, 2.45) is 11.7 Å². The summed E-state index contributed by atoms with van der Waals surface area (Å²) in [7, 11) is 0. The molecule has 1 aromatic heterocycles. The Bertz CT molecular complexity index is 654. The van der Waals surface area contributed by atoms with Crippen molar-refractivity contribution in [3.8, 4) is 0 Å². The number of nitrogens with two attached hydrogens (primary N) is 1. The summed E-state index contributed by atoms with van der Waals surface area (Å²) in [6.45, 7) is 4.14. The molecule has 1 saturated carbocycles. The van der Waals surface area contributed by atoms with Crippen molar-refractivity contribution in [2.75, 3.05) is 0 Å². The Hall–Kier alpha value is -1.94. The molecule has 2 heterocycles. The van der Waals surface area contributed by atoms with Crippen LogP contribution in [0.2, 0.25) is 0 Å². The van der Waals surface area contributed by atoms with E-state index in [1.807, 2.05) is 10.7 Å². The zero-order chi connectivity index (χ0) is 13.7. The Morgan fingerprint density at radius 3 is 2.70 bits per heavy atom. The fourth-order valence-electron chi connectivity index (χ4n) is 2.97. The van der Waals surface area contributed by atoms with E-state index in [2.05, 4.69) is 40.9 Å². The molecular formula is C16H18N4. The highest BCUT2D eigenvalue weighted by molar-refractivity contribution is 5.61. The number of hydrogen-bond donors (Lipinski definition) is 1. The third kappa shape index (κ3) is 1.79. The largest absolute Gasteiger partial charge is 0.321 e. The predicted molar refractivity (Wildman–Crippen MR) is 77.9 cm³/mol. The summed E-state index contributed by atoms with van der Waals surface area (Å²) < 4.78 is 2.00. The van der Waals surface area contributed by atoms with Gasteiger partial charge in [-0.15, -0.1) is 0 Å². The number of hydrogen-bond acceptors (Lipinski definition) is 3.